The molecule has 1 aromatic heterocycles. The smallest absolute Gasteiger partial charge is 0.165 e. The number of nitrogens with two attached hydrogens (primary N) is 1. The van der Waals surface area contributed by atoms with Gasteiger partial charge in [0.2, 0.25) is 0 Å². The first-order valence-corrected chi connectivity index (χ1v) is 6.30. The van der Waals surface area contributed by atoms with Gasteiger partial charge in [0.25, 0.3) is 0 Å². The zero-order valence-electron chi connectivity index (χ0n) is 11.8. The highest BCUT2D eigenvalue weighted by atomic mass is 16.5. The van der Waals surface area contributed by atoms with E-state index >= 15 is 0 Å². The van der Waals surface area contributed by atoms with Crippen LogP contribution in [0.2, 0.25) is 0 Å². The molecular weight excluding hydrogens is 238 g/mol. The number of ether oxygens (including phenoxy) is 1. The van der Waals surface area contributed by atoms with Gasteiger partial charge in [-0.25, -0.2) is 9.97 Å². The number of nitrogen functional groups attached to an aromatic ring is 1. The van der Waals surface area contributed by atoms with Crippen LogP contribution in [0.1, 0.15) is 30.9 Å². The van der Waals surface area contributed by atoms with Gasteiger partial charge in [-0.3, -0.25) is 0 Å². The summed E-state index contributed by atoms with van der Waals surface area (Å²) in [6.45, 7) is 6.19. The molecule has 0 aliphatic carbocycles. The van der Waals surface area contributed by atoms with E-state index in [1.165, 1.54) is 5.56 Å². The van der Waals surface area contributed by atoms with E-state index in [9.17, 15) is 0 Å². The van der Waals surface area contributed by atoms with E-state index in [0.717, 1.165) is 16.9 Å². The highest BCUT2D eigenvalue weighted by Gasteiger charge is 2.12. The van der Waals surface area contributed by atoms with Gasteiger partial charge >= 0.3 is 0 Å². The van der Waals surface area contributed by atoms with Crippen molar-refractivity contribution in [3.8, 4) is 17.1 Å². The summed E-state index contributed by atoms with van der Waals surface area (Å²) in [5, 5.41) is 0. The lowest BCUT2D eigenvalue weighted by atomic mass is 10.00. The standard InChI is InChI=1S/C15H19N3O/c1-9(2)11-5-6-13(19-4)12(7-11)15-17-8-10(3)14(16)18-15/h5-9H,1-4H3,(H2,16,17,18). The Labute approximate surface area is 113 Å². The van der Waals surface area contributed by atoms with Gasteiger partial charge in [-0.1, -0.05) is 19.9 Å². The molecule has 1 aromatic carbocycles. The molecule has 100 valence electrons. The summed E-state index contributed by atoms with van der Waals surface area (Å²) in [4.78, 5) is 8.69. The molecule has 0 spiro atoms. The Kier molecular flexibility index (Phi) is 3.69. The van der Waals surface area contributed by atoms with E-state index in [2.05, 4.69) is 35.9 Å². The maximum absolute atomic E-state index is 5.86. The number of nitrogens with zero attached hydrogens (tertiary/aromatic N) is 2. The molecule has 0 saturated carbocycles. The van der Waals surface area contributed by atoms with Crippen LogP contribution in [-0.2, 0) is 0 Å². The van der Waals surface area contributed by atoms with Crippen molar-refractivity contribution in [3.05, 3.63) is 35.5 Å². The zero-order chi connectivity index (χ0) is 14.0. The van der Waals surface area contributed by atoms with Crippen LogP contribution in [0.3, 0.4) is 0 Å². The Morgan fingerprint density at radius 1 is 1.26 bits per heavy atom. The first-order chi connectivity index (χ1) is 9.02. The minimum atomic E-state index is 0.437. The largest absolute Gasteiger partial charge is 0.496 e. The Bertz CT molecular complexity index is 594. The molecule has 0 aliphatic heterocycles. The number of benzene rings is 1. The number of aromatic nitrogens is 2. The maximum atomic E-state index is 5.86. The minimum absolute atomic E-state index is 0.437. The molecule has 0 saturated heterocycles. The van der Waals surface area contributed by atoms with Crippen molar-refractivity contribution >= 4 is 5.82 Å². The quantitative estimate of drug-likeness (QED) is 0.917. The van der Waals surface area contributed by atoms with Gasteiger partial charge in [-0.15, -0.1) is 0 Å². The fourth-order valence-electron chi connectivity index (χ4n) is 1.84. The summed E-state index contributed by atoms with van der Waals surface area (Å²) in [6.07, 6.45) is 1.74. The average molecular weight is 257 g/mol. The maximum Gasteiger partial charge on any atom is 0.165 e. The second-order valence-electron chi connectivity index (χ2n) is 4.88. The van der Waals surface area contributed by atoms with Crippen molar-refractivity contribution < 1.29 is 4.74 Å². The average Bonchev–Trinajstić information content (AvgIpc) is 2.41. The molecule has 1 heterocycles. The van der Waals surface area contributed by atoms with Crippen LogP contribution in [0.4, 0.5) is 5.82 Å². The van der Waals surface area contributed by atoms with Crippen LogP contribution in [0.15, 0.2) is 24.4 Å². The number of methoxy groups -OCH3 is 1. The highest BCUT2D eigenvalue weighted by Crippen LogP contribution is 2.31. The van der Waals surface area contributed by atoms with E-state index in [-0.39, 0.29) is 0 Å². The van der Waals surface area contributed by atoms with E-state index in [0.29, 0.717) is 17.6 Å². The SMILES string of the molecule is COc1ccc(C(C)C)cc1-c1ncc(C)c(N)n1. The molecule has 2 rings (SSSR count). The number of aryl methyl sites for hydroxylation is 1. The highest BCUT2D eigenvalue weighted by molar-refractivity contribution is 5.66. The van der Waals surface area contributed by atoms with E-state index in [1.54, 1.807) is 13.3 Å². The van der Waals surface area contributed by atoms with Crippen LogP contribution >= 0.6 is 0 Å². The number of hydrogen-bond donors (Lipinski definition) is 1. The van der Waals surface area contributed by atoms with Crippen molar-refractivity contribution in [2.45, 2.75) is 26.7 Å². The zero-order valence-corrected chi connectivity index (χ0v) is 11.8. The summed E-state index contributed by atoms with van der Waals surface area (Å²) >= 11 is 0. The van der Waals surface area contributed by atoms with Gasteiger partial charge < -0.3 is 10.5 Å². The minimum Gasteiger partial charge on any atom is -0.496 e. The van der Waals surface area contributed by atoms with Gasteiger partial charge in [-0.05, 0) is 30.5 Å². The van der Waals surface area contributed by atoms with Gasteiger partial charge in [0, 0.05) is 11.8 Å². The van der Waals surface area contributed by atoms with E-state index in [4.69, 9.17) is 10.5 Å². The third-order valence-electron chi connectivity index (χ3n) is 3.14. The lowest BCUT2D eigenvalue weighted by Crippen LogP contribution is -2.00. The molecular formula is C15H19N3O. The molecule has 0 atom stereocenters. The second kappa shape index (κ2) is 5.26. The van der Waals surface area contributed by atoms with Crippen molar-refractivity contribution in [3.63, 3.8) is 0 Å². The van der Waals surface area contributed by atoms with Gasteiger partial charge in [0.1, 0.15) is 11.6 Å². The van der Waals surface area contributed by atoms with Crippen LogP contribution in [-0.4, -0.2) is 17.1 Å². The Morgan fingerprint density at radius 2 is 2.00 bits per heavy atom. The summed E-state index contributed by atoms with van der Waals surface area (Å²) in [6, 6.07) is 6.07. The van der Waals surface area contributed by atoms with Crippen LogP contribution in [0.5, 0.6) is 5.75 Å². The molecule has 0 amide bonds. The van der Waals surface area contributed by atoms with Crippen LogP contribution < -0.4 is 10.5 Å². The van der Waals surface area contributed by atoms with Gasteiger partial charge in [0.05, 0.1) is 12.7 Å². The Hall–Kier alpha value is -2.10. The monoisotopic (exact) mass is 257 g/mol. The van der Waals surface area contributed by atoms with Crippen LogP contribution in [0, 0.1) is 6.92 Å². The lowest BCUT2D eigenvalue weighted by Gasteiger charge is -2.12. The molecule has 2 N–H and O–H groups in total. The topological polar surface area (TPSA) is 61.0 Å². The number of rotatable bonds is 3. The molecule has 19 heavy (non-hydrogen) atoms. The molecule has 0 bridgehead atoms. The summed E-state index contributed by atoms with van der Waals surface area (Å²) in [5.74, 6) is 2.30. The summed E-state index contributed by atoms with van der Waals surface area (Å²) < 4.78 is 5.38. The number of anilines is 1. The van der Waals surface area contributed by atoms with E-state index in [1.807, 2.05) is 13.0 Å². The van der Waals surface area contributed by atoms with E-state index < -0.39 is 0 Å². The van der Waals surface area contributed by atoms with Crippen LogP contribution in [0.25, 0.3) is 11.4 Å². The Balaban J connectivity index is 2.58. The third kappa shape index (κ3) is 2.67. The fourth-order valence-corrected chi connectivity index (χ4v) is 1.84. The molecule has 0 radical (unpaired) electrons. The summed E-state index contributed by atoms with van der Waals surface area (Å²) in [7, 11) is 1.64. The van der Waals surface area contributed by atoms with Crippen molar-refractivity contribution in [1.29, 1.82) is 0 Å². The molecule has 4 heteroatoms. The fraction of sp³-hybridized carbons (Fsp3) is 0.333. The first kappa shape index (κ1) is 13.3. The predicted octanol–water partition coefficient (Wildman–Crippen LogP) is 3.17. The van der Waals surface area contributed by atoms with Crippen molar-refractivity contribution in [1.82, 2.24) is 9.97 Å². The molecule has 2 aromatic rings. The molecule has 4 nitrogen and oxygen atoms in total. The van der Waals surface area contributed by atoms with Gasteiger partial charge in [-0.2, -0.15) is 0 Å². The van der Waals surface area contributed by atoms with Crippen molar-refractivity contribution in [2.75, 3.05) is 12.8 Å². The second-order valence-corrected chi connectivity index (χ2v) is 4.88. The predicted molar refractivity (Wildman–Crippen MR) is 77.3 cm³/mol. The molecule has 0 aliphatic rings. The first-order valence-electron chi connectivity index (χ1n) is 6.30. The number of hydrogen-bond acceptors (Lipinski definition) is 4. The van der Waals surface area contributed by atoms with Crippen molar-refractivity contribution in [2.24, 2.45) is 0 Å². The third-order valence-corrected chi connectivity index (χ3v) is 3.14. The van der Waals surface area contributed by atoms with Gasteiger partial charge in [0.15, 0.2) is 5.82 Å². The summed E-state index contributed by atoms with van der Waals surface area (Å²) in [5.41, 5.74) is 8.83. The Morgan fingerprint density at radius 3 is 2.58 bits per heavy atom. The molecule has 0 unspecified atom stereocenters. The molecule has 0 fully saturated rings. The normalized spacial score (nSPS) is 10.8. The lowest BCUT2D eigenvalue weighted by molar-refractivity contribution is 0.416.